The molecule has 0 spiro atoms. The first-order valence-corrected chi connectivity index (χ1v) is 7.69. The molecule has 7 heteroatoms. The van der Waals surface area contributed by atoms with Crippen LogP contribution in [0.5, 0.6) is 0 Å². The largest absolute Gasteiger partial charge is 0.383 e. The number of ether oxygens (including phenoxy) is 2. The monoisotopic (exact) mass is 322 g/mol. The topological polar surface area (TPSA) is 58.1 Å². The molecule has 1 saturated heterocycles. The van der Waals surface area contributed by atoms with E-state index in [1.54, 1.807) is 13.3 Å². The van der Waals surface area contributed by atoms with E-state index < -0.39 is 0 Å². The number of nitrogens with one attached hydrogen (secondary N) is 2. The van der Waals surface area contributed by atoms with E-state index in [1.807, 2.05) is 12.1 Å². The number of hydrogen-bond donors (Lipinski definition) is 2. The van der Waals surface area contributed by atoms with Gasteiger partial charge in [0.2, 0.25) is 0 Å². The highest BCUT2D eigenvalue weighted by molar-refractivity contribution is 7.80. The van der Waals surface area contributed by atoms with E-state index in [9.17, 15) is 0 Å². The summed E-state index contributed by atoms with van der Waals surface area (Å²) < 4.78 is 10.3. The van der Waals surface area contributed by atoms with Crippen molar-refractivity contribution in [3.63, 3.8) is 0 Å². The Labute approximate surface area is 136 Å². The molecule has 0 aliphatic carbocycles. The number of hydrogen-bond acceptors (Lipinski definition) is 5. The van der Waals surface area contributed by atoms with E-state index in [-0.39, 0.29) is 0 Å². The molecule has 0 aromatic heterocycles. The predicted molar refractivity (Wildman–Crippen MR) is 92.7 cm³/mol. The van der Waals surface area contributed by atoms with Crippen molar-refractivity contribution < 1.29 is 9.47 Å². The van der Waals surface area contributed by atoms with Gasteiger partial charge in [-0.3, -0.25) is 5.43 Å². The molecule has 2 N–H and O–H groups in total. The Balaban J connectivity index is 1.78. The number of hydrazone groups is 1. The van der Waals surface area contributed by atoms with E-state index in [2.05, 4.69) is 32.9 Å². The van der Waals surface area contributed by atoms with Crippen LogP contribution in [0.4, 0.5) is 5.69 Å². The van der Waals surface area contributed by atoms with E-state index in [1.165, 1.54) is 5.69 Å². The normalized spacial score (nSPS) is 15.0. The Hall–Kier alpha value is -1.70. The smallest absolute Gasteiger partial charge is 0.187 e. The van der Waals surface area contributed by atoms with Crippen LogP contribution in [0.2, 0.25) is 0 Å². The van der Waals surface area contributed by atoms with Gasteiger partial charge in [0.15, 0.2) is 5.11 Å². The van der Waals surface area contributed by atoms with Gasteiger partial charge in [0.05, 0.1) is 26.0 Å². The molecule has 1 aromatic carbocycles. The molecule has 0 amide bonds. The maximum absolute atomic E-state index is 5.36. The molecule has 1 fully saturated rings. The molecular weight excluding hydrogens is 300 g/mol. The second-order valence-electron chi connectivity index (χ2n) is 4.81. The number of morpholine rings is 1. The highest BCUT2D eigenvalue weighted by Crippen LogP contribution is 2.15. The van der Waals surface area contributed by atoms with Crippen LogP contribution in [0.1, 0.15) is 5.56 Å². The lowest BCUT2D eigenvalue weighted by Crippen LogP contribution is -2.36. The Morgan fingerprint density at radius 1 is 1.36 bits per heavy atom. The van der Waals surface area contributed by atoms with Gasteiger partial charge in [0.25, 0.3) is 0 Å². The summed E-state index contributed by atoms with van der Waals surface area (Å²) in [5.74, 6) is 0. The molecule has 0 bridgehead atoms. The first-order chi connectivity index (χ1) is 10.8. The number of rotatable bonds is 6. The molecule has 6 nitrogen and oxygen atoms in total. The Morgan fingerprint density at radius 3 is 2.77 bits per heavy atom. The van der Waals surface area contributed by atoms with Crippen molar-refractivity contribution in [3.8, 4) is 0 Å². The fraction of sp³-hybridized carbons (Fsp3) is 0.467. The highest BCUT2D eigenvalue weighted by atomic mass is 32.1. The maximum Gasteiger partial charge on any atom is 0.187 e. The molecule has 0 radical (unpaired) electrons. The molecule has 0 unspecified atom stereocenters. The molecule has 1 aromatic rings. The van der Waals surface area contributed by atoms with Gasteiger partial charge in [0.1, 0.15) is 0 Å². The SMILES string of the molecule is COCCNC(=S)NN=Cc1ccc(N2CCOCC2)cc1. The van der Waals surface area contributed by atoms with Crippen LogP contribution in [0, 0.1) is 0 Å². The lowest BCUT2D eigenvalue weighted by atomic mass is 10.2. The average molecular weight is 322 g/mol. The highest BCUT2D eigenvalue weighted by Gasteiger charge is 2.10. The van der Waals surface area contributed by atoms with Crippen molar-refractivity contribution in [2.75, 3.05) is 51.5 Å². The van der Waals surface area contributed by atoms with Crippen LogP contribution in [0.25, 0.3) is 0 Å². The fourth-order valence-electron chi connectivity index (χ4n) is 2.06. The fourth-order valence-corrected chi connectivity index (χ4v) is 2.22. The number of anilines is 1. The van der Waals surface area contributed by atoms with Crippen LogP contribution in [0.3, 0.4) is 0 Å². The lowest BCUT2D eigenvalue weighted by Gasteiger charge is -2.28. The van der Waals surface area contributed by atoms with Gasteiger partial charge in [-0.05, 0) is 29.9 Å². The third-order valence-electron chi connectivity index (χ3n) is 3.24. The summed E-state index contributed by atoms with van der Waals surface area (Å²) in [4.78, 5) is 2.32. The summed E-state index contributed by atoms with van der Waals surface area (Å²) in [6, 6.07) is 8.28. The Morgan fingerprint density at radius 2 is 2.09 bits per heavy atom. The van der Waals surface area contributed by atoms with E-state index >= 15 is 0 Å². The van der Waals surface area contributed by atoms with Crippen molar-refractivity contribution in [3.05, 3.63) is 29.8 Å². The molecule has 1 aliphatic heterocycles. The second kappa shape index (κ2) is 9.34. The summed E-state index contributed by atoms with van der Waals surface area (Å²) in [6.07, 6.45) is 1.74. The zero-order valence-electron chi connectivity index (χ0n) is 12.7. The number of benzene rings is 1. The molecule has 0 saturated carbocycles. The molecular formula is C15H22N4O2S. The van der Waals surface area contributed by atoms with Crippen LogP contribution in [0.15, 0.2) is 29.4 Å². The summed E-state index contributed by atoms with van der Waals surface area (Å²) in [5.41, 5.74) is 5.01. The third kappa shape index (κ3) is 5.59. The van der Waals surface area contributed by atoms with Crippen molar-refractivity contribution in [2.45, 2.75) is 0 Å². The second-order valence-corrected chi connectivity index (χ2v) is 5.22. The molecule has 0 atom stereocenters. The van der Waals surface area contributed by atoms with Gasteiger partial charge in [-0.1, -0.05) is 12.1 Å². The van der Waals surface area contributed by atoms with Gasteiger partial charge in [-0.2, -0.15) is 5.10 Å². The van der Waals surface area contributed by atoms with Crippen LogP contribution >= 0.6 is 12.2 Å². The standard InChI is InChI=1S/C15H22N4O2S/c1-20-9-6-16-15(22)18-17-12-13-2-4-14(5-3-13)19-7-10-21-11-8-19/h2-5,12H,6-11H2,1H3,(H2,16,18,22). The maximum atomic E-state index is 5.36. The predicted octanol–water partition coefficient (Wildman–Crippen LogP) is 0.968. The van der Waals surface area contributed by atoms with Gasteiger partial charge < -0.3 is 19.7 Å². The number of thiocarbonyl (C=S) groups is 1. The minimum Gasteiger partial charge on any atom is -0.383 e. The zero-order chi connectivity index (χ0) is 15.6. The molecule has 22 heavy (non-hydrogen) atoms. The number of nitrogens with zero attached hydrogens (tertiary/aromatic N) is 2. The average Bonchev–Trinajstić information content (AvgIpc) is 2.57. The summed E-state index contributed by atoms with van der Waals surface area (Å²) >= 11 is 5.08. The van der Waals surface area contributed by atoms with E-state index in [0.717, 1.165) is 31.9 Å². The molecule has 120 valence electrons. The minimum absolute atomic E-state index is 0.484. The van der Waals surface area contributed by atoms with E-state index in [4.69, 9.17) is 21.7 Å². The molecule has 1 heterocycles. The van der Waals surface area contributed by atoms with Crippen LogP contribution < -0.4 is 15.6 Å². The summed E-state index contributed by atoms with van der Waals surface area (Å²) in [7, 11) is 1.65. The summed E-state index contributed by atoms with van der Waals surface area (Å²) in [5, 5.41) is 7.58. The van der Waals surface area contributed by atoms with Gasteiger partial charge in [-0.15, -0.1) is 0 Å². The van der Waals surface area contributed by atoms with Crippen molar-refractivity contribution >= 4 is 29.2 Å². The van der Waals surface area contributed by atoms with Gasteiger partial charge in [0, 0.05) is 32.4 Å². The Kier molecular flexibility index (Phi) is 7.08. The minimum atomic E-state index is 0.484. The first-order valence-electron chi connectivity index (χ1n) is 7.28. The lowest BCUT2D eigenvalue weighted by molar-refractivity contribution is 0.122. The molecule has 1 aliphatic rings. The summed E-state index contributed by atoms with van der Waals surface area (Å²) in [6.45, 7) is 4.73. The van der Waals surface area contributed by atoms with Crippen molar-refractivity contribution in [1.29, 1.82) is 0 Å². The zero-order valence-corrected chi connectivity index (χ0v) is 13.6. The van der Waals surface area contributed by atoms with Crippen LogP contribution in [-0.2, 0) is 9.47 Å². The van der Waals surface area contributed by atoms with E-state index in [0.29, 0.717) is 18.3 Å². The van der Waals surface area contributed by atoms with Crippen molar-refractivity contribution in [1.82, 2.24) is 10.7 Å². The first kappa shape index (κ1) is 16.7. The third-order valence-corrected chi connectivity index (χ3v) is 3.48. The Bertz CT molecular complexity index is 487. The van der Waals surface area contributed by atoms with Crippen LogP contribution in [-0.4, -0.2) is 57.9 Å². The number of methoxy groups -OCH3 is 1. The quantitative estimate of drug-likeness (QED) is 0.352. The molecule has 2 rings (SSSR count). The van der Waals surface area contributed by atoms with Gasteiger partial charge >= 0.3 is 0 Å². The van der Waals surface area contributed by atoms with Crippen molar-refractivity contribution in [2.24, 2.45) is 5.10 Å². The van der Waals surface area contributed by atoms with Gasteiger partial charge in [-0.25, -0.2) is 0 Å².